The van der Waals surface area contributed by atoms with Crippen LogP contribution in [-0.2, 0) is 11.3 Å². The summed E-state index contributed by atoms with van der Waals surface area (Å²) in [5.74, 6) is 1.35. The Kier molecular flexibility index (Phi) is 5.70. The van der Waals surface area contributed by atoms with E-state index >= 15 is 0 Å². The monoisotopic (exact) mass is 400 g/mol. The number of carbonyl (C=O) groups excluding carboxylic acids is 1. The number of nitrogens with zero attached hydrogens (tertiary/aromatic N) is 4. The third-order valence-corrected chi connectivity index (χ3v) is 5.05. The molecule has 2 heterocycles. The van der Waals surface area contributed by atoms with Gasteiger partial charge in [-0.1, -0.05) is 56.3 Å². The van der Waals surface area contributed by atoms with Gasteiger partial charge >= 0.3 is 0 Å². The van der Waals surface area contributed by atoms with Crippen LogP contribution in [0, 0.1) is 5.92 Å². The fraction of sp³-hybridized carbons (Fsp3) is 0.217. The smallest absolute Gasteiger partial charge is 0.254 e. The van der Waals surface area contributed by atoms with Gasteiger partial charge in [-0.2, -0.15) is 14.6 Å². The first-order chi connectivity index (χ1) is 14.6. The van der Waals surface area contributed by atoms with Gasteiger partial charge in [-0.25, -0.2) is 4.98 Å². The lowest BCUT2D eigenvalue weighted by Gasteiger charge is -2.13. The van der Waals surface area contributed by atoms with Crippen molar-refractivity contribution in [3.8, 4) is 11.3 Å². The van der Waals surface area contributed by atoms with E-state index in [-0.39, 0.29) is 11.8 Å². The lowest BCUT2D eigenvalue weighted by molar-refractivity contribution is -0.119. The Bertz CT molecular complexity index is 1150. The largest absolute Gasteiger partial charge is 0.366 e. The quantitative estimate of drug-likeness (QED) is 0.481. The highest BCUT2D eigenvalue weighted by molar-refractivity contribution is 5.92. The third kappa shape index (κ3) is 4.30. The molecule has 30 heavy (non-hydrogen) atoms. The predicted octanol–water partition coefficient (Wildman–Crippen LogP) is 4.39. The van der Waals surface area contributed by atoms with E-state index < -0.39 is 0 Å². The van der Waals surface area contributed by atoms with E-state index in [0.717, 1.165) is 34.7 Å². The van der Waals surface area contributed by atoms with Crippen LogP contribution >= 0.6 is 0 Å². The Morgan fingerprint density at radius 3 is 2.73 bits per heavy atom. The summed E-state index contributed by atoms with van der Waals surface area (Å²) in [4.78, 5) is 21.0. The van der Waals surface area contributed by atoms with Crippen LogP contribution < -0.4 is 10.6 Å². The number of hydrogen-bond acceptors (Lipinski definition) is 5. The molecule has 0 aliphatic heterocycles. The van der Waals surface area contributed by atoms with Crippen molar-refractivity contribution in [3.05, 3.63) is 72.6 Å². The van der Waals surface area contributed by atoms with Crippen molar-refractivity contribution in [1.82, 2.24) is 19.6 Å². The van der Waals surface area contributed by atoms with Crippen molar-refractivity contribution < 1.29 is 4.79 Å². The van der Waals surface area contributed by atoms with Crippen molar-refractivity contribution in [2.45, 2.75) is 26.8 Å². The second kappa shape index (κ2) is 8.73. The molecular formula is C23H24N6O. The van der Waals surface area contributed by atoms with Gasteiger partial charge in [0.25, 0.3) is 5.78 Å². The summed E-state index contributed by atoms with van der Waals surface area (Å²) in [7, 11) is 0. The normalized spacial score (nSPS) is 11.9. The molecule has 1 unspecified atom stereocenters. The standard InChI is InChI=1S/C23H24N6O/c1-3-16(2)22(30)27-19-11-7-8-17(12-19)14-24-21-13-20(18-9-5-4-6-10-18)28-23-25-15-26-29(21)23/h4-13,15-16,24H,3,14H2,1-2H3,(H,27,30). The molecule has 4 rings (SSSR count). The van der Waals surface area contributed by atoms with E-state index in [1.165, 1.54) is 6.33 Å². The van der Waals surface area contributed by atoms with Crippen molar-refractivity contribution in [2.24, 2.45) is 5.92 Å². The average Bonchev–Trinajstić information content (AvgIpc) is 3.26. The highest BCUT2D eigenvalue weighted by atomic mass is 16.1. The highest BCUT2D eigenvalue weighted by Crippen LogP contribution is 2.22. The molecule has 0 aliphatic carbocycles. The Labute approximate surface area is 175 Å². The molecule has 0 radical (unpaired) electrons. The van der Waals surface area contributed by atoms with E-state index in [1.807, 2.05) is 74.5 Å². The molecule has 0 fully saturated rings. The Morgan fingerprint density at radius 1 is 1.10 bits per heavy atom. The van der Waals surface area contributed by atoms with Crippen molar-refractivity contribution in [1.29, 1.82) is 0 Å². The minimum absolute atomic E-state index is 0.0133. The maximum atomic E-state index is 12.2. The van der Waals surface area contributed by atoms with Gasteiger partial charge in [0, 0.05) is 29.8 Å². The summed E-state index contributed by atoms with van der Waals surface area (Å²) < 4.78 is 1.68. The van der Waals surface area contributed by atoms with E-state index in [0.29, 0.717) is 12.3 Å². The minimum atomic E-state index is -0.0133. The van der Waals surface area contributed by atoms with E-state index in [2.05, 4.69) is 25.7 Å². The van der Waals surface area contributed by atoms with Crippen LogP contribution in [0.3, 0.4) is 0 Å². The Morgan fingerprint density at radius 2 is 1.93 bits per heavy atom. The maximum Gasteiger partial charge on any atom is 0.254 e. The van der Waals surface area contributed by atoms with E-state index in [1.54, 1.807) is 4.52 Å². The topological polar surface area (TPSA) is 84.2 Å². The molecule has 1 amide bonds. The Balaban J connectivity index is 1.55. The lowest BCUT2D eigenvalue weighted by Crippen LogP contribution is -2.19. The number of benzene rings is 2. The third-order valence-electron chi connectivity index (χ3n) is 5.05. The van der Waals surface area contributed by atoms with Crippen LogP contribution in [0.2, 0.25) is 0 Å². The molecule has 0 bridgehead atoms. The molecule has 2 aromatic heterocycles. The Hall–Kier alpha value is -3.74. The number of aromatic nitrogens is 4. The number of fused-ring (bicyclic) bond motifs is 1. The number of amides is 1. The summed E-state index contributed by atoms with van der Waals surface area (Å²) in [6.45, 7) is 4.51. The number of carbonyl (C=O) groups is 1. The zero-order valence-electron chi connectivity index (χ0n) is 17.0. The van der Waals surface area contributed by atoms with E-state index in [4.69, 9.17) is 0 Å². The van der Waals surface area contributed by atoms with Crippen LogP contribution in [0.25, 0.3) is 17.0 Å². The predicted molar refractivity (Wildman–Crippen MR) is 118 cm³/mol. The first kappa shape index (κ1) is 19.6. The number of nitrogens with one attached hydrogen (secondary N) is 2. The van der Waals surface area contributed by atoms with Gasteiger partial charge in [0.15, 0.2) is 0 Å². The molecule has 1 atom stereocenters. The van der Waals surface area contributed by atoms with Gasteiger partial charge in [0.1, 0.15) is 12.1 Å². The summed E-state index contributed by atoms with van der Waals surface area (Å²) in [5.41, 5.74) is 3.68. The van der Waals surface area contributed by atoms with Crippen LogP contribution in [0.15, 0.2) is 67.0 Å². The average molecular weight is 400 g/mol. The molecule has 4 aromatic rings. The molecule has 7 heteroatoms. The molecule has 7 nitrogen and oxygen atoms in total. The van der Waals surface area contributed by atoms with Crippen molar-refractivity contribution in [2.75, 3.05) is 10.6 Å². The van der Waals surface area contributed by atoms with Crippen molar-refractivity contribution >= 4 is 23.2 Å². The first-order valence-corrected chi connectivity index (χ1v) is 10.0. The number of rotatable bonds is 7. The zero-order chi connectivity index (χ0) is 20.9. The van der Waals surface area contributed by atoms with Gasteiger partial charge in [-0.05, 0) is 24.1 Å². The van der Waals surface area contributed by atoms with Gasteiger partial charge in [0.05, 0.1) is 5.69 Å². The molecule has 152 valence electrons. The first-order valence-electron chi connectivity index (χ1n) is 10.0. The summed E-state index contributed by atoms with van der Waals surface area (Å²) in [6, 6.07) is 19.8. The maximum absolute atomic E-state index is 12.2. The number of hydrogen-bond donors (Lipinski definition) is 2. The second-order valence-corrected chi connectivity index (χ2v) is 7.22. The fourth-order valence-electron chi connectivity index (χ4n) is 3.10. The van der Waals surface area contributed by atoms with Gasteiger partial charge in [0.2, 0.25) is 5.91 Å². The fourth-order valence-corrected chi connectivity index (χ4v) is 3.10. The molecule has 2 aromatic carbocycles. The zero-order valence-corrected chi connectivity index (χ0v) is 17.0. The van der Waals surface area contributed by atoms with Crippen LogP contribution in [-0.4, -0.2) is 25.5 Å². The molecule has 0 aliphatic rings. The van der Waals surface area contributed by atoms with Gasteiger partial charge in [-0.3, -0.25) is 4.79 Å². The second-order valence-electron chi connectivity index (χ2n) is 7.22. The minimum Gasteiger partial charge on any atom is -0.366 e. The van der Waals surface area contributed by atoms with Crippen LogP contribution in [0.1, 0.15) is 25.8 Å². The van der Waals surface area contributed by atoms with Gasteiger partial charge < -0.3 is 10.6 Å². The summed E-state index contributed by atoms with van der Waals surface area (Å²) in [6.07, 6.45) is 2.31. The van der Waals surface area contributed by atoms with Crippen LogP contribution in [0.5, 0.6) is 0 Å². The number of anilines is 2. The molecule has 0 spiro atoms. The highest BCUT2D eigenvalue weighted by Gasteiger charge is 2.11. The lowest BCUT2D eigenvalue weighted by atomic mass is 10.1. The molecule has 2 N–H and O–H groups in total. The molecule has 0 saturated heterocycles. The summed E-state index contributed by atoms with van der Waals surface area (Å²) in [5, 5.41) is 10.7. The summed E-state index contributed by atoms with van der Waals surface area (Å²) >= 11 is 0. The van der Waals surface area contributed by atoms with Crippen LogP contribution in [0.4, 0.5) is 11.5 Å². The van der Waals surface area contributed by atoms with E-state index in [9.17, 15) is 4.79 Å². The SMILES string of the molecule is CCC(C)C(=O)Nc1cccc(CNc2cc(-c3ccccc3)nc3ncnn23)c1. The molecule has 0 saturated carbocycles. The van der Waals surface area contributed by atoms with Crippen molar-refractivity contribution in [3.63, 3.8) is 0 Å². The molecular weight excluding hydrogens is 376 g/mol. The van der Waals surface area contributed by atoms with Gasteiger partial charge in [-0.15, -0.1) is 0 Å².